The average Bonchev–Trinajstić information content (AvgIpc) is 2.51. The Kier molecular flexibility index (Phi) is 6.10. The first-order valence-corrected chi connectivity index (χ1v) is 8.38. The molecule has 0 amide bonds. The van der Waals surface area contributed by atoms with Crippen molar-refractivity contribution in [3.63, 3.8) is 0 Å². The van der Waals surface area contributed by atoms with Gasteiger partial charge in [-0.3, -0.25) is 0 Å². The second-order valence-electron chi connectivity index (χ2n) is 4.33. The summed E-state index contributed by atoms with van der Waals surface area (Å²) in [6.07, 6.45) is 10.3. The van der Waals surface area contributed by atoms with Crippen LogP contribution in [-0.4, -0.2) is 0 Å². The van der Waals surface area contributed by atoms with Gasteiger partial charge in [-0.2, -0.15) is 0 Å². The Labute approximate surface area is 152 Å². The number of ether oxygens (including phenoxy) is 1. The summed E-state index contributed by atoms with van der Waals surface area (Å²) < 4.78 is 8.23. The maximum absolute atomic E-state index is 5.92. The van der Waals surface area contributed by atoms with Crippen LogP contribution in [-0.2, 0) is 4.74 Å². The van der Waals surface area contributed by atoms with E-state index in [4.69, 9.17) is 17.6 Å². The molecule has 0 aliphatic rings. The molecule has 21 heavy (non-hydrogen) atoms. The van der Waals surface area contributed by atoms with Crippen LogP contribution in [0.5, 0.6) is 0 Å². The third kappa shape index (κ3) is 4.47. The average molecular weight is 498 g/mol. The minimum absolute atomic E-state index is 0.456. The molecule has 0 heterocycles. The molecule has 1 nitrogen and oxygen atoms in total. The molecule has 2 unspecified atom stereocenters. The topological polar surface area (TPSA) is 9.23 Å². The molecule has 0 aliphatic carbocycles. The second-order valence-corrected chi connectivity index (χ2v) is 6.82. The third-order valence-corrected chi connectivity index (χ3v) is 4.36. The van der Waals surface area contributed by atoms with Gasteiger partial charge in [0.25, 0.3) is 0 Å². The Hall–Kier alpha value is -1.02. The summed E-state index contributed by atoms with van der Waals surface area (Å²) in [6.45, 7) is 0. The lowest BCUT2D eigenvalue weighted by atomic mass is 10.1. The van der Waals surface area contributed by atoms with Crippen LogP contribution < -0.4 is 0 Å². The van der Waals surface area contributed by atoms with Crippen LogP contribution >= 0.6 is 45.2 Å². The van der Waals surface area contributed by atoms with Gasteiger partial charge in [0.1, 0.15) is 12.2 Å². The van der Waals surface area contributed by atoms with Gasteiger partial charge in [-0.25, -0.2) is 0 Å². The smallest absolute Gasteiger partial charge is 0.145 e. The van der Waals surface area contributed by atoms with Gasteiger partial charge in [0.2, 0.25) is 0 Å². The molecular weight excluding hydrogens is 486 g/mol. The number of rotatable bonds is 4. The van der Waals surface area contributed by atoms with E-state index in [2.05, 4.69) is 57.0 Å². The van der Waals surface area contributed by atoms with Crippen LogP contribution in [0.2, 0.25) is 0 Å². The second kappa shape index (κ2) is 7.84. The fourth-order valence-corrected chi connectivity index (χ4v) is 2.56. The largest absolute Gasteiger partial charge is 0.340 e. The molecule has 0 saturated carbocycles. The van der Waals surface area contributed by atoms with Crippen molar-refractivity contribution < 1.29 is 4.74 Å². The summed E-state index contributed by atoms with van der Waals surface area (Å²) in [4.78, 5) is 0. The highest BCUT2D eigenvalue weighted by molar-refractivity contribution is 14.1. The van der Waals surface area contributed by atoms with Crippen LogP contribution in [0.4, 0.5) is 0 Å². The summed E-state index contributed by atoms with van der Waals surface area (Å²) in [7, 11) is 0. The summed E-state index contributed by atoms with van der Waals surface area (Å²) in [5, 5.41) is 0. The van der Waals surface area contributed by atoms with E-state index in [9.17, 15) is 0 Å². The van der Waals surface area contributed by atoms with Gasteiger partial charge in [0, 0.05) is 7.14 Å². The summed E-state index contributed by atoms with van der Waals surface area (Å²) in [6, 6.07) is 15.9. The zero-order chi connectivity index (χ0) is 15.2. The van der Waals surface area contributed by atoms with E-state index in [1.807, 2.05) is 48.5 Å². The molecule has 2 aromatic rings. The third-order valence-electron chi connectivity index (χ3n) is 2.92. The Morgan fingerprint density at radius 1 is 0.714 bits per heavy atom. The van der Waals surface area contributed by atoms with Crippen molar-refractivity contribution in [3.8, 4) is 24.7 Å². The standard InChI is InChI=1S/C18H12I2O/c1-3-17(13-5-9-15(19)10-6-13)21-18(4-2)14-7-11-16(20)12-8-14/h1-2,5-12,17-18H. The highest BCUT2D eigenvalue weighted by atomic mass is 127. The van der Waals surface area contributed by atoms with E-state index < -0.39 is 12.2 Å². The first kappa shape index (κ1) is 16.4. The zero-order valence-electron chi connectivity index (χ0n) is 11.1. The van der Waals surface area contributed by atoms with Gasteiger partial charge in [0.05, 0.1) is 0 Å². The van der Waals surface area contributed by atoms with Crippen molar-refractivity contribution in [2.75, 3.05) is 0 Å². The lowest BCUT2D eigenvalue weighted by Gasteiger charge is -2.18. The molecule has 0 radical (unpaired) electrons. The van der Waals surface area contributed by atoms with Crippen molar-refractivity contribution in [1.82, 2.24) is 0 Å². The summed E-state index contributed by atoms with van der Waals surface area (Å²) in [5.41, 5.74) is 1.87. The molecule has 0 bridgehead atoms. The van der Waals surface area contributed by atoms with Crippen LogP contribution in [0.3, 0.4) is 0 Å². The molecular formula is C18H12I2O. The molecule has 2 atom stereocenters. The Morgan fingerprint density at radius 3 is 1.33 bits per heavy atom. The number of benzene rings is 2. The molecule has 0 saturated heterocycles. The Balaban J connectivity index is 2.20. The monoisotopic (exact) mass is 498 g/mol. The normalized spacial score (nSPS) is 13.0. The van der Waals surface area contributed by atoms with Crippen LogP contribution in [0, 0.1) is 31.8 Å². The van der Waals surface area contributed by atoms with Crippen molar-refractivity contribution >= 4 is 45.2 Å². The van der Waals surface area contributed by atoms with E-state index in [1.165, 1.54) is 0 Å². The van der Waals surface area contributed by atoms with E-state index in [0.29, 0.717) is 0 Å². The Morgan fingerprint density at radius 2 is 1.05 bits per heavy atom. The maximum Gasteiger partial charge on any atom is 0.145 e. The van der Waals surface area contributed by atoms with E-state index in [1.54, 1.807) is 0 Å². The van der Waals surface area contributed by atoms with Gasteiger partial charge in [0.15, 0.2) is 0 Å². The fraction of sp³-hybridized carbons (Fsp3) is 0.111. The van der Waals surface area contributed by atoms with E-state index in [0.717, 1.165) is 18.3 Å². The fourth-order valence-electron chi connectivity index (χ4n) is 1.84. The molecule has 0 aliphatic heterocycles. The van der Waals surface area contributed by atoms with E-state index >= 15 is 0 Å². The lowest BCUT2D eigenvalue weighted by molar-refractivity contribution is 0.0516. The lowest BCUT2D eigenvalue weighted by Crippen LogP contribution is -2.08. The van der Waals surface area contributed by atoms with Crippen LogP contribution in [0.1, 0.15) is 23.3 Å². The van der Waals surface area contributed by atoms with Gasteiger partial charge in [-0.1, -0.05) is 36.1 Å². The number of terminal acetylenes is 2. The van der Waals surface area contributed by atoms with Gasteiger partial charge in [-0.05, 0) is 80.6 Å². The van der Waals surface area contributed by atoms with Gasteiger partial charge >= 0.3 is 0 Å². The van der Waals surface area contributed by atoms with Crippen molar-refractivity contribution in [3.05, 3.63) is 66.8 Å². The molecule has 3 heteroatoms. The minimum Gasteiger partial charge on any atom is -0.340 e. The number of hydrogen-bond acceptors (Lipinski definition) is 1. The van der Waals surface area contributed by atoms with Crippen LogP contribution in [0.25, 0.3) is 0 Å². The zero-order valence-corrected chi connectivity index (χ0v) is 15.4. The first-order chi connectivity index (χ1) is 10.1. The minimum atomic E-state index is -0.456. The highest BCUT2D eigenvalue weighted by Gasteiger charge is 2.16. The SMILES string of the molecule is C#CC(OC(C#C)c1ccc(I)cc1)c1ccc(I)cc1. The number of halogens is 2. The quantitative estimate of drug-likeness (QED) is 0.428. The Bertz CT molecular complexity index is 614. The predicted octanol–water partition coefficient (Wildman–Crippen LogP) is 4.96. The molecule has 0 spiro atoms. The predicted molar refractivity (Wildman–Crippen MR) is 103 cm³/mol. The van der Waals surface area contributed by atoms with Crippen molar-refractivity contribution in [1.29, 1.82) is 0 Å². The molecule has 2 aromatic carbocycles. The molecule has 0 fully saturated rings. The summed E-state index contributed by atoms with van der Waals surface area (Å²) >= 11 is 4.50. The van der Waals surface area contributed by atoms with Gasteiger partial charge in [-0.15, -0.1) is 12.8 Å². The van der Waals surface area contributed by atoms with Crippen molar-refractivity contribution in [2.45, 2.75) is 12.2 Å². The molecule has 0 N–H and O–H groups in total. The summed E-state index contributed by atoms with van der Waals surface area (Å²) in [5.74, 6) is 5.32. The van der Waals surface area contributed by atoms with Gasteiger partial charge < -0.3 is 4.74 Å². The van der Waals surface area contributed by atoms with Crippen molar-refractivity contribution in [2.24, 2.45) is 0 Å². The van der Waals surface area contributed by atoms with E-state index in [-0.39, 0.29) is 0 Å². The first-order valence-electron chi connectivity index (χ1n) is 6.22. The molecule has 2 rings (SSSR count). The molecule has 0 aromatic heterocycles. The maximum atomic E-state index is 5.92. The highest BCUT2D eigenvalue weighted by Crippen LogP contribution is 2.27. The van der Waals surface area contributed by atoms with Crippen LogP contribution in [0.15, 0.2) is 48.5 Å². The number of hydrogen-bond donors (Lipinski definition) is 0. The molecule has 104 valence electrons.